The van der Waals surface area contributed by atoms with E-state index < -0.39 is 15.4 Å². The van der Waals surface area contributed by atoms with Crippen molar-refractivity contribution in [3.63, 3.8) is 0 Å². The van der Waals surface area contributed by atoms with Crippen LogP contribution in [0.1, 0.15) is 19.3 Å². The van der Waals surface area contributed by atoms with E-state index in [2.05, 4.69) is 4.90 Å². The molecule has 1 saturated heterocycles. The second-order valence-corrected chi connectivity index (χ2v) is 7.54. The van der Waals surface area contributed by atoms with Crippen LogP contribution in [0.2, 0.25) is 0 Å². The smallest absolute Gasteiger partial charge is 0.325 e. The van der Waals surface area contributed by atoms with E-state index in [0.29, 0.717) is 25.9 Å². The first kappa shape index (κ1) is 13.8. The molecule has 104 valence electrons. The monoisotopic (exact) mass is 276 g/mol. The maximum atomic E-state index is 11.6. The minimum Gasteiger partial charge on any atom is -0.468 e. The molecule has 2 atom stereocenters. The van der Waals surface area contributed by atoms with Crippen LogP contribution in [0.15, 0.2) is 0 Å². The zero-order chi connectivity index (χ0) is 13.4. The van der Waals surface area contributed by atoms with Gasteiger partial charge < -0.3 is 10.5 Å². The Morgan fingerprint density at radius 1 is 1.39 bits per heavy atom. The molecule has 6 nitrogen and oxygen atoms in total. The van der Waals surface area contributed by atoms with Crippen molar-refractivity contribution in [2.24, 2.45) is 5.73 Å². The zero-order valence-electron chi connectivity index (χ0n) is 10.6. The largest absolute Gasteiger partial charge is 0.468 e. The SMILES string of the molecule is COC(=O)C1(N)CCC(N2CCS(=O)(=O)CC2)C1. The fourth-order valence-electron chi connectivity index (χ4n) is 2.84. The molecule has 1 aliphatic carbocycles. The Labute approximate surface area is 107 Å². The lowest BCUT2D eigenvalue weighted by Gasteiger charge is -2.32. The fraction of sp³-hybridized carbons (Fsp3) is 0.909. The van der Waals surface area contributed by atoms with E-state index in [1.807, 2.05) is 0 Å². The highest BCUT2D eigenvalue weighted by atomic mass is 32.2. The highest BCUT2D eigenvalue weighted by Crippen LogP contribution is 2.32. The van der Waals surface area contributed by atoms with Crippen LogP contribution >= 0.6 is 0 Å². The van der Waals surface area contributed by atoms with E-state index >= 15 is 0 Å². The van der Waals surface area contributed by atoms with Crippen LogP contribution in [0.3, 0.4) is 0 Å². The molecule has 2 rings (SSSR count). The van der Waals surface area contributed by atoms with Gasteiger partial charge in [0.2, 0.25) is 0 Å². The molecule has 1 heterocycles. The van der Waals surface area contributed by atoms with Crippen LogP contribution in [0.4, 0.5) is 0 Å². The third-order valence-corrected chi connectivity index (χ3v) is 5.62. The quantitative estimate of drug-likeness (QED) is 0.660. The average molecular weight is 276 g/mol. The summed E-state index contributed by atoms with van der Waals surface area (Å²) in [6, 6.07) is 0.199. The lowest BCUT2D eigenvalue weighted by molar-refractivity contribution is -0.147. The second-order valence-electron chi connectivity index (χ2n) is 5.23. The van der Waals surface area contributed by atoms with Crippen molar-refractivity contribution in [2.75, 3.05) is 31.7 Å². The number of rotatable bonds is 2. The van der Waals surface area contributed by atoms with E-state index in [1.54, 1.807) is 0 Å². The van der Waals surface area contributed by atoms with Gasteiger partial charge in [-0.05, 0) is 19.3 Å². The van der Waals surface area contributed by atoms with Crippen LogP contribution in [-0.4, -0.2) is 62.6 Å². The molecular formula is C11H20N2O4S. The van der Waals surface area contributed by atoms with Gasteiger partial charge in [0.1, 0.15) is 5.54 Å². The third kappa shape index (κ3) is 2.67. The molecular weight excluding hydrogens is 256 g/mol. The van der Waals surface area contributed by atoms with E-state index in [9.17, 15) is 13.2 Å². The standard InChI is InChI=1S/C11H20N2O4S/c1-17-10(14)11(12)3-2-9(8-11)13-4-6-18(15,16)7-5-13/h9H,2-8,12H2,1H3. The van der Waals surface area contributed by atoms with Gasteiger partial charge in [-0.25, -0.2) is 8.42 Å². The average Bonchev–Trinajstić information content (AvgIpc) is 2.72. The highest BCUT2D eigenvalue weighted by molar-refractivity contribution is 7.91. The fourth-order valence-corrected chi connectivity index (χ4v) is 4.07. The molecule has 18 heavy (non-hydrogen) atoms. The summed E-state index contributed by atoms with van der Waals surface area (Å²) in [6.45, 7) is 1.09. The maximum Gasteiger partial charge on any atom is 0.325 e. The van der Waals surface area contributed by atoms with Gasteiger partial charge in [0.05, 0.1) is 18.6 Å². The normalized spacial score (nSPS) is 36.4. The highest BCUT2D eigenvalue weighted by Gasteiger charge is 2.45. The Bertz CT molecular complexity index is 422. The van der Waals surface area contributed by atoms with Crippen molar-refractivity contribution in [1.29, 1.82) is 0 Å². The number of nitrogens with zero attached hydrogens (tertiary/aromatic N) is 1. The Balaban J connectivity index is 1.96. The van der Waals surface area contributed by atoms with Gasteiger partial charge in [-0.1, -0.05) is 0 Å². The molecule has 0 aromatic carbocycles. The zero-order valence-corrected chi connectivity index (χ0v) is 11.4. The summed E-state index contributed by atoms with van der Waals surface area (Å²) < 4.78 is 27.5. The van der Waals surface area contributed by atoms with Crippen molar-refractivity contribution in [3.8, 4) is 0 Å². The maximum absolute atomic E-state index is 11.6. The first-order valence-corrected chi connectivity index (χ1v) is 8.00. The third-order valence-electron chi connectivity index (χ3n) is 4.01. The molecule has 0 amide bonds. The van der Waals surface area contributed by atoms with Gasteiger partial charge >= 0.3 is 5.97 Å². The van der Waals surface area contributed by atoms with E-state index in [-0.39, 0.29) is 23.5 Å². The topological polar surface area (TPSA) is 89.7 Å². The van der Waals surface area contributed by atoms with Gasteiger partial charge in [-0.3, -0.25) is 9.69 Å². The molecule has 0 aromatic rings. The number of carbonyl (C=O) groups excluding carboxylic acids is 1. The van der Waals surface area contributed by atoms with Crippen molar-refractivity contribution in [2.45, 2.75) is 30.8 Å². The van der Waals surface area contributed by atoms with Gasteiger partial charge in [-0.15, -0.1) is 0 Å². The lowest BCUT2D eigenvalue weighted by Crippen LogP contribution is -2.50. The summed E-state index contributed by atoms with van der Waals surface area (Å²) in [6.07, 6.45) is 1.99. The van der Waals surface area contributed by atoms with Crippen molar-refractivity contribution >= 4 is 15.8 Å². The van der Waals surface area contributed by atoms with Crippen molar-refractivity contribution in [3.05, 3.63) is 0 Å². The minimum absolute atomic E-state index is 0.199. The Kier molecular flexibility index (Phi) is 3.66. The predicted molar refractivity (Wildman–Crippen MR) is 66.8 cm³/mol. The Morgan fingerprint density at radius 3 is 2.56 bits per heavy atom. The summed E-state index contributed by atoms with van der Waals surface area (Å²) in [5.74, 6) is 0.0492. The van der Waals surface area contributed by atoms with Crippen LogP contribution in [-0.2, 0) is 19.4 Å². The summed E-state index contributed by atoms with van der Waals surface area (Å²) >= 11 is 0. The number of hydrogen-bond donors (Lipinski definition) is 1. The number of hydrogen-bond acceptors (Lipinski definition) is 6. The first-order valence-electron chi connectivity index (χ1n) is 6.18. The molecule has 2 fully saturated rings. The molecule has 0 bridgehead atoms. The van der Waals surface area contributed by atoms with Gasteiger partial charge in [0, 0.05) is 19.1 Å². The minimum atomic E-state index is -2.86. The number of ether oxygens (including phenoxy) is 1. The number of esters is 1. The number of methoxy groups -OCH3 is 1. The molecule has 1 saturated carbocycles. The second kappa shape index (κ2) is 4.79. The van der Waals surface area contributed by atoms with E-state index in [0.717, 1.165) is 6.42 Å². The summed E-state index contributed by atoms with van der Waals surface area (Å²) in [5, 5.41) is 0. The van der Waals surface area contributed by atoms with Gasteiger partial charge in [-0.2, -0.15) is 0 Å². The summed E-state index contributed by atoms with van der Waals surface area (Å²) in [7, 11) is -1.51. The summed E-state index contributed by atoms with van der Waals surface area (Å²) in [4.78, 5) is 13.7. The lowest BCUT2D eigenvalue weighted by atomic mass is 9.99. The van der Waals surface area contributed by atoms with Gasteiger partial charge in [0.25, 0.3) is 0 Å². The van der Waals surface area contributed by atoms with E-state index in [1.165, 1.54) is 7.11 Å². The number of carbonyl (C=O) groups is 1. The summed E-state index contributed by atoms with van der Waals surface area (Å²) in [5.41, 5.74) is 5.15. The molecule has 2 aliphatic rings. The molecule has 7 heteroatoms. The van der Waals surface area contributed by atoms with E-state index in [4.69, 9.17) is 10.5 Å². The molecule has 2 unspecified atom stereocenters. The van der Waals surface area contributed by atoms with Crippen LogP contribution in [0, 0.1) is 0 Å². The molecule has 1 aliphatic heterocycles. The Hall–Kier alpha value is -0.660. The van der Waals surface area contributed by atoms with Crippen LogP contribution in [0.5, 0.6) is 0 Å². The van der Waals surface area contributed by atoms with Crippen molar-refractivity contribution < 1.29 is 17.9 Å². The molecule has 2 N–H and O–H groups in total. The van der Waals surface area contributed by atoms with Crippen LogP contribution in [0.25, 0.3) is 0 Å². The molecule has 0 radical (unpaired) electrons. The number of sulfone groups is 1. The molecule has 0 aromatic heterocycles. The van der Waals surface area contributed by atoms with Crippen LogP contribution < -0.4 is 5.73 Å². The predicted octanol–water partition coefficient (Wildman–Crippen LogP) is -0.860. The van der Waals surface area contributed by atoms with Gasteiger partial charge in [0.15, 0.2) is 9.84 Å². The first-order chi connectivity index (χ1) is 8.36. The Morgan fingerprint density at radius 2 is 2.00 bits per heavy atom. The van der Waals surface area contributed by atoms with Crippen molar-refractivity contribution in [1.82, 2.24) is 4.90 Å². The molecule has 0 spiro atoms. The number of nitrogens with two attached hydrogens (primary N) is 1.